The maximum atomic E-state index is 14.2. The van der Waals surface area contributed by atoms with E-state index in [1.54, 1.807) is 17.6 Å². The minimum absolute atomic E-state index is 0.0299. The average molecular weight is 456 g/mol. The van der Waals surface area contributed by atoms with Crippen LogP contribution in [0.3, 0.4) is 0 Å². The van der Waals surface area contributed by atoms with Crippen molar-refractivity contribution in [2.24, 2.45) is 0 Å². The molecule has 1 amide bonds. The van der Waals surface area contributed by atoms with Gasteiger partial charge in [-0.15, -0.1) is 11.3 Å². The first-order chi connectivity index (χ1) is 15.2. The average Bonchev–Trinajstić information content (AvgIpc) is 3.29. The van der Waals surface area contributed by atoms with Crippen LogP contribution in [0.1, 0.15) is 61.6 Å². The van der Waals surface area contributed by atoms with Crippen molar-refractivity contribution >= 4 is 33.4 Å². The van der Waals surface area contributed by atoms with E-state index in [9.17, 15) is 14.0 Å². The zero-order chi connectivity index (χ0) is 22.6. The number of hydrogen-bond acceptors (Lipinski definition) is 5. The third kappa shape index (κ3) is 3.92. The number of halogens is 1. The monoisotopic (exact) mass is 455 g/mol. The molecule has 0 aliphatic heterocycles. The maximum Gasteiger partial charge on any atom is 0.435 e. The molecule has 0 N–H and O–H groups in total. The highest BCUT2D eigenvalue weighted by molar-refractivity contribution is 7.17. The van der Waals surface area contributed by atoms with Crippen LogP contribution in [0.5, 0.6) is 0 Å². The summed E-state index contributed by atoms with van der Waals surface area (Å²) in [4.78, 5) is 28.0. The van der Waals surface area contributed by atoms with Gasteiger partial charge in [-0.3, -0.25) is 4.79 Å². The highest BCUT2D eigenvalue weighted by Gasteiger charge is 2.40. The molecule has 5 rings (SSSR count). The SMILES string of the molecule is CC(C)(C)OC(=O)n1cc2c(n1)CCC(N(C(=O)c1csc3c(F)cccc13)C1CC1)C2. The van der Waals surface area contributed by atoms with Crippen LogP contribution in [0, 0.1) is 5.82 Å². The molecular weight excluding hydrogens is 429 g/mol. The summed E-state index contributed by atoms with van der Waals surface area (Å²) in [7, 11) is 0. The van der Waals surface area contributed by atoms with Crippen molar-refractivity contribution in [1.82, 2.24) is 14.7 Å². The van der Waals surface area contributed by atoms with E-state index in [1.807, 2.05) is 31.7 Å². The number of nitrogens with zero attached hydrogens (tertiary/aromatic N) is 3. The lowest BCUT2D eigenvalue weighted by Crippen LogP contribution is -2.44. The Morgan fingerprint density at radius 3 is 2.72 bits per heavy atom. The van der Waals surface area contributed by atoms with Gasteiger partial charge in [-0.2, -0.15) is 9.78 Å². The first kappa shape index (κ1) is 21.1. The second-order valence-corrected chi connectivity index (χ2v) is 10.5. The van der Waals surface area contributed by atoms with Crippen molar-refractivity contribution in [3.63, 3.8) is 0 Å². The van der Waals surface area contributed by atoms with Crippen LogP contribution >= 0.6 is 11.3 Å². The smallest absolute Gasteiger partial charge is 0.435 e. The Hall–Kier alpha value is -2.74. The lowest BCUT2D eigenvalue weighted by molar-refractivity contribution is 0.0513. The van der Waals surface area contributed by atoms with Crippen LogP contribution in [-0.2, 0) is 17.6 Å². The molecule has 1 saturated carbocycles. The number of aryl methyl sites for hydroxylation is 1. The normalized spacial score (nSPS) is 18.4. The van der Waals surface area contributed by atoms with Crippen molar-refractivity contribution in [1.29, 1.82) is 0 Å². The molecule has 2 heterocycles. The second-order valence-electron chi connectivity index (χ2n) is 9.63. The van der Waals surface area contributed by atoms with E-state index in [-0.39, 0.29) is 23.8 Å². The van der Waals surface area contributed by atoms with Crippen molar-refractivity contribution in [2.75, 3.05) is 0 Å². The van der Waals surface area contributed by atoms with E-state index in [1.165, 1.54) is 22.1 Å². The molecule has 32 heavy (non-hydrogen) atoms. The number of rotatable bonds is 3. The van der Waals surface area contributed by atoms with E-state index in [2.05, 4.69) is 5.10 Å². The van der Waals surface area contributed by atoms with Crippen molar-refractivity contribution < 1.29 is 18.7 Å². The number of benzene rings is 1. The predicted octanol–water partition coefficient (Wildman–Crippen LogP) is 5.18. The molecule has 1 aromatic carbocycles. The van der Waals surface area contributed by atoms with E-state index in [0.29, 0.717) is 28.5 Å². The Kier molecular flexibility index (Phi) is 5.08. The number of ether oxygens (including phenoxy) is 1. The van der Waals surface area contributed by atoms with Gasteiger partial charge >= 0.3 is 6.09 Å². The van der Waals surface area contributed by atoms with Gasteiger partial charge in [0.15, 0.2) is 0 Å². The number of amides is 1. The molecule has 1 unspecified atom stereocenters. The Labute approximate surface area is 190 Å². The van der Waals surface area contributed by atoms with Crippen molar-refractivity contribution in [3.8, 4) is 0 Å². The molecule has 168 valence electrons. The van der Waals surface area contributed by atoms with Crippen molar-refractivity contribution in [2.45, 2.75) is 70.6 Å². The Balaban J connectivity index is 1.40. The van der Waals surface area contributed by atoms with Gasteiger partial charge in [0.1, 0.15) is 11.4 Å². The molecule has 1 atom stereocenters. The maximum absolute atomic E-state index is 14.2. The zero-order valence-corrected chi connectivity index (χ0v) is 19.2. The third-order valence-electron chi connectivity index (χ3n) is 5.98. The van der Waals surface area contributed by atoms with Crippen LogP contribution < -0.4 is 0 Å². The predicted molar refractivity (Wildman–Crippen MR) is 121 cm³/mol. The second kappa shape index (κ2) is 7.69. The van der Waals surface area contributed by atoms with Crippen molar-refractivity contribution in [3.05, 3.63) is 52.4 Å². The van der Waals surface area contributed by atoms with E-state index in [4.69, 9.17) is 4.74 Å². The molecule has 0 bridgehead atoms. The molecule has 0 saturated heterocycles. The fraction of sp³-hybridized carbons (Fsp3) is 0.458. The molecule has 8 heteroatoms. The van der Waals surface area contributed by atoms with Gasteiger partial charge in [0.2, 0.25) is 0 Å². The fourth-order valence-electron chi connectivity index (χ4n) is 4.43. The number of carbonyl (C=O) groups excluding carboxylic acids is 2. The van der Waals surface area contributed by atoms with Gasteiger partial charge in [0.25, 0.3) is 5.91 Å². The van der Waals surface area contributed by atoms with Gasteiger partial charge < -0.3 is 9.64 Å². The Bertz CT molecular complexity index is 1210. The summed E-state index contributed by atoms with van der Waals surface area (Å²) < 4.78 is 21.4. The minimum Gasteiger partial charge on any atom is -0.442 e. The van der Waals surface area contributed by atoms with E-state index < -0.39 is 11.7 Å². The summed E-state index contributed by atoms with van der Waals surface area (Å²) in [5.74, 6) is -0.321. The number of thiophene rings is 1. The topological polar surface area (TPSA) is 64.4 Å². The first-order valence-electron chi connectivity index (χ1n) is 11.0. The molecule has 0 spiro atoms. The molecular formula is C24H26FN3O3S. The van der Waals surface area contributed by atoms with Gasteiger partial charge in [-0.05, 0) is 64.5 Å². The minimum atomic E-state index is -0.593. The molecule has 1 fully saturated rings. The lowest BCUT2D eigenvalue weighted by Gasteiger charge is -2.34. The summed E-state index contributed by atoms with van der Waals surface area (Å²) in [6.45, 7) is 5.47. The molecule has 6 nitrogen and oxygen atoms in total. The molecule has 2 aliphatic rings. The van der Waals surface area contributed by atoms with Gasteiger partial charge in [-0.25, -0.2) is 9.18 Å². The quantitative estimate of drug-likeness (QED) is 0.546. The summed E-state index contributed by atoms with van der Waals surface area (Å²) >= 11 is 1.28. The fourth-order valence-corrected chi connectivity index (χ4v) is 5.38. The third-order valence-corrected chi connectivity index (χ3v) is 6.98. The highest BCUT2D eigenvalue weighted by Crippen LogP contribution is 2.37. The Morgan fingerprint density at radius 1 is 1.22 bits per heavy atom. The van der Waals surface area contributed by atoms with Crippen LogP contribution in [0.15, 0.2) is 29.8 Å². The Morgan fingerprint density at radius 2 is 2.00 bits per heavy atom. The van der Waals surface area contributed by atoms with E-state index in [0.717, 1.165) is 30.5 Å². The van der Waals surface area contributed by atoms with Gasteiger partial charge in [0, 0.05) is 29.0 Å². The molecule has 0 radical (unpaired) electrons. The van der Waals surface area contributed by atoms with Crippen LogP contribution in [-0.4, -0.2) is 44.4 Å². The summed E-state index contributed by atoms with van der Waals surface area (Å²) in [6, 6.07) is 5.15. The van der Waals surface area contributed by atoms with E-state index >= 15 is 0 Å². The number of aromatic nitrogens is 2. The van der Waals surface area contributed by atoms with Crippen LogP contribution in [0.25, 0.3) is 10.1 Å². The lowest BCUT2D eigenvalue weighted by atomic mass is 9.91. The molecule has 2 aromatic heterocycles. The van der Waals surface area contributed by atoms with Crippen LogP contribution in [0.4, 0.5) is 9.18 Å². The molecule has 2 aliphatic carbocycles. The summed E-state index contributed by atoms with van der Waals surface area (Å²) in [5.41, 5.74) is 1.85. The molecule has 3 aromatic rings. The standard InChI is InChI=1S/C24H26FN3O3S/c1-24(2,3)31-23(30)27-12-14-11-16(9-10-20(14)26-27)28(15-7-8-15)22(29)18-13-32-21-17(18)5-4-6-19(21)25/h4-6,12-13,15-16H,7-11H2,1-3H3. The first-order valence-corrected chi connectivity index (χ1v) is 11.9. The number of carbonyl (C=O) groups is 2. The van der Waals surface area contributed by atoms with Gasteiger partial charge in [0.05, 0.1) is 16.0 Å². The summed E-state index contributed by atoms with van der Waals surface area (Å²) in [6.07, 6.45) is 5.36. The number of hydrogen-bond donors (Lipinski definition) is 0. The number of fused-ring (bicyclic) bond motifs is 2. The van der Waals surface area contributed by atoms with Gasteiger partial charge in [-0.1, -0.05) is 12.1 Å². The largest absolute Gasteiger partial charge is 0.442 e. The summed E-state index contributed by atoms with van der Waals surface area (Å²) in [5, 5.41) is 6.89. The highest BCUT2D eigenvalue weighted by atomic mass is 32.1. The van der Waals surface area contributed by atoms with Crippen LogP contribution in [0.2, 0.25) is 0 Å². The zero-order valence-electron chi connectivity index (χ0n) is 18.4.